The Morgan fingerprint density at radius 2 is 1.91 bits per heavy atom. The van der Waals surface area contributed by atoms with E-state index in [9.17, 15) is 18.0 Å². The van der Waals surface area contributed by atoms with Crippen molar-refractivity contribution in [2.45, 2.75) is 25.7 Å². The van der Waals surface area contributed by atoms with Gasteiger partial charge < -0.3 is 9.47 Å². The number of hydrogen-bond donors (Lipinski definition) is 0. The maximum absolute atomic E-state index is 12.0. The Labute approximate surface area is 127 Å². The van der Waals surface area contributed by atoms with E-state index in [2.05, 4.69) is 8.92 Å². The number of nitrogens with zero attached hydrogens (tertiary/aromatic N) is 1. The number of benzene rings is 1. The van der Waals surface area contributed by atoms with E-state index >= 15 is 0 Å². The molecule has 0 unspecified atom stereocenters. The zero-order chi connectivity index (χ0) is 16.3. The lowest BCUT2D eigenvalue weighted by molar-refractivity contribution is -0.146. The van der Waals surface area contributed by atoms with Crippen molar-refractivity contribution in [3.8, 4) is 0 Å². The predicted molar refractivity (Wildman–Crippen MR) is 73.7 cm³/mol. The van der Waals surface area contributed by atoms with Gasteiger partial charge in [0.15, 0.2) is 6.04 Å². The molecule has 0 aromatic heterocycles. The molecule has 1 fully saturated rings. The van der Waals surface area contributed by atoms with Crippen LogP contribution >= 0.6 is 0 Å². The Morgan fingerprint density at radius 3 is 2.50 bits per heavy atom. The molecular formula is C13H15NO7S. The molecule has 1 aliphatic heterocycles. The summed E-state index contributed by atoms with van der Waals surface area (Å²) in [5.41, 5.74) is 0.677. The van der Waals surface area contributed by atoms with E-state index in [-0.39, 0.29) is 10.9 Å². The number of carbonyl (C=O) groups is 2. The minimum Gasteiger partial charge on any atom is -0.467 e. The van der Waals surface area contributed by atoms with Crippen molar-refractivity contribution in [2.24, 2.45) is 0 Å². The quantitative estimate of drug-likeness (QED) is 0.757. The first-order valence-electron chi connectivity index (χ1n) is 6.38. The first-order chi connectivity index (χ1) is 10.4. The number of amides is 1. The third-order valence-corrected chi connectivity index (χ3v) is 4.44. The molecule has 8 nitrogen and oxygen atoms in total. The van der Waals surface area contributed by atoms with Crippen LogP contribution in [0, 0.1) is 0 Å². The molecule has 9 heteroatoms. The molecular weight excluding hydrogens is 314 g/mol. The number of carbonyl (C=O) groups excluding carboxylic acids is 2. The number of esters is 1. The number of methoxy groups -OCH3 is 1. The number of ether oxygens (including phenoxy) is 2. The molecule has 1 saturated heterocycles. The van der Waals surface area contributed by atoms with Crippen LogP contribution in [-0.4, -0.2) is 44.0 Å². The molecule has 0 aliphatic carbocycles. The van der Waals surface area contributed by atoms with E-state index in [1.54, 1.807) is 30.3 Å². The molecule has 0 bridgehead atoms. The van der Waals surface area contributed by atoms with E-state index < -0.39 is 34.5 Å². The van der Waals surface area contributed by atoms with Crippen molar-refractivity contribution in [3.05, 3.63) is 35.9 Å². The van der Waals surface area contributed by atoms with Gasteiger partial charge in [-0.05, 0) is 12.5 Å². The Bertz CT molecular complexity index is 658. The van der Waals surface area contributed by atoms with Crippen molar-refractivity contribution < 1.29 is 31.7 Å². The molecule has 1 aliphatic rings. The number of hydrogen-bond acceptors (Lipinski definition) is 7. The van der Waals surface area contributed by atoms with Crippen molar-refractivity contribution >= 4 is 22.4 Å². The van der Waals surface area contributed by atoms with E-state index in [4.69, 9.17) is 4.74 Å². The minimum atomic E-state index is -4.39. The molecule has 0 spiro atoms. The lowest BCUT2D eigenvalue weighted by atomic mass is 10.2. The fourth-order valence-electron chi connectivity index (χ4n) is 2.02. The van der Waals surface area contributed by atoms with Gasteiger partial charge in [-0.1, -0.05) is 30.3 Å². The van der Waals surface area contributed by atoms with Gasteiger partial charge in [-0.3, -0.25) is 0 Å². The second-order valence-electron chi connectivity index (χ2n) is 4.56. The normalized spacial score (nSPS) is 23.1. The Balaban J connectivity index is 2.16. The third-order valence-electron chi connectivity index (χ3n) is 3.04. The summed E-state index contributed by atoms with van der Waals surface area (Å²) in [5.74, 6) is -0.898. The van der Waals surface area contributed by atoms with Gasteiger partial charge in [0.05, 0.1) is 7.11 Å². The zero-order valence-electron chi connectivity index (χ0n) is 12.0. The molecule has 0 radical (unpaired) electrons. The summed E-state index contributed by atoms with van der Waals surface area (Å²) in [6.45, 7) is 1.22. The van der Waals surface area contributed by atoms with Gasteiger partial charge in [0.25, 0.3) is 0 Å². The van der Waals surface area contributed by atoms with Crippen LogP contribution < -0.4 is 0 Å². The molecule has 0 saturated carbocycles. The van der Waals surface area contributed by atoms with Gasteiger partial charge in [0, 0.05) is 0 Å². The molecule has 2 atom stereocenters. The predicted octanol–water partition coefficient (Wildman–Crippen LogP) is 0.830. The van der Waals surface area contributed by atoms with Crippen molar-refractivity contribution in [3.63, 3.8) is 0 Å². The maximum atomic E-state index is 12.0. The van der Waals surface area contributed by atoms with Crippen LogP contribution in [-0.2, 0) is 35.4 Å². The zero-order valence-corrected chi connectivity index (χ0v) is 12.8. The summed E-state index contributed by atoms with van der Waals surface area (Å²) in [7, 11) is -3.30. The Morgan fingerprint density at radius 1 is 1.27 bits per heavy atom. The fraction of sp³-hybridized carbons (Fsp3) is 0.385. The first-order valence-corrected chi connectivity index (χ1v) is 7.74. The standard InChI is InChI=1S/C13H15NO7S/c1-9-11(12(15)19-2)14(22(17,18)21-9)13(16)20-8-10-6-4-3-5-7-10/h3-7,9,11H,8H2,1-2H3/t9-,11+/m1/s1. The van der Waals surface area contributed by atoms with Crippen molar-refractivity contribution in [1.82, 2.24) is 4.31 Å². The summed E-state index contributed by atoms with van der Waals surface area (Å²) in [6.07, 6.45) is -2.25. The third kappa shape index (κ3) is 3.20. The molecule has 0 N–H and O–H groups in total. The Kier molecular flexibility index (Phi) is 4.67. The molecule has 2 rings (SSSR count). The highest BCUT2D eigenvalue weighted by Gasteiger charge is 2.52. The second-order valence-corrected chi connectivity index (χ2v) is 6.00. The van der Waals surface area contributed by atoms with Crippen LogP contribution in [0.25, 0.3) is 0 Å². The number of rotatable bonds is 3. The van der Waals surface area contributed by atoms with Gasteiger partial charge in [0.2, 0.25) is 0 Å². The van der Waals surface area contributed by atoms with Crippen LogP contribution in [0.1, 0.15) is 12.5 Å². The highest BCUT2D eigenvalue weighted by molar-refractivity contribution is 7.85. The van der Waals surface area contributed by atoms with E-state index in [0.717, 1.165) is 7.11 Å². The van der Waals surface area contributed by atoms with Gasteiger partial charge in [0.1, 0.15) is 12.7 Å². The van der Waals surface area contributed by atoms with Crippen LogP contribution in [0.5, 0.6) is 0 Å². The topological polar surface area (TPSA) is 99.2 Å². The molecule has 1 aromatic rings. The lowest BCUT2D eigenvalue weighted by Gasteiger charge is -2.19. The van der Waals surface area contributed by atoms with Gasteiger partial charge in [-0.25, -0.2) is 13.8 Å². The van der Waals surface area contributed by atoms with Crippen LogP contribution in [0.15, 0.2) is 30.3 Å². The first kappa shape index (κ1) is 16.2. The van der Waals surface area contributed by atoms with Crippen molar-refractivity contribution in [1.29, 1.82) is 0 Å². The van der Waals surface area contributed by atoms with E-state index in [0.29, 0.717) is 5.56 Å². The summed E-state index contributed by atoms with van der Waals surface area (Å²) in [5, 5.41) is 0. The van der Waals surface area contributed by atoms with Gasteiger partial charge in [-0.2, -0.15) is 12.7 Å². The Hall–Kier alpha value is -2.13. The largest absolute Gasteiger partial charge is 0.467 e. The maximum Gasteiger partial charge on any atom is 0.426 e. The van der Waals surface area contributed by atoms with Crippen LogP contribution in [0.2, 0.25) is 0 Å². The molecule has 1 amide bonds. The monoisotopic (exact) mass is 329 g/mol. The SMILES string of the molecule is COC(=O)[C@@H]1[C@@H](C)OS(=O)(=O)N1C(=O)OCc1ccccc1. The average molecular weight is 329 g/mol. The molecule has 120 valence electrons. The summed E-state index contributed by atoms with van der Waals surface area (Å²) in [6, 6.07) is 7.30. The fourth-order valence-corrected chi connectivity index (χ4v) is 3.37. The van der Waals surface area contributed by atoms with Crippen LogP contribution in [0.3, 0.4) is 0 Å². The second kappa shape index (κ2) is 6.32. The summed E-state index contributed by atoms with van der Waals surface area (Å²) >= 11 is 0. The highest BCUT2D eigenvalue weighted by Crippen LogP contribution is 2.26. The lowest BCUT2D eigenvalue weighted by Crippen LogP contribution is -2.46. The minimum absolute atomic E-state index is 0.131. The average Bonchev–Trinajstić information content (AvgIpc) is 2.74. The van der Waals surface area contributed by atoms with Crippen LogP contribution in [0.4, 0.5) is 4.79 Å². The smallest absolute Gasteiger partial charge is 0.426 e. The molecule has 1 heterocycles. The van der Waals surface area contributed by atoms with Crippen molar-refractivity contribution in [2.75, 3.05) is 7.11 Å². The van der Waals surface area contributed by atoms with E-state index in [1.807, 2.05) is 0 Å². The summed E-state index contributed by atoms with van der Waals surface area (Å²) in [4.78, 5) is 23.7. The van der Waals surface area contributed by atoms with Gasteiger partial charge in [-0.15, -0.1) is 0 Å². The molecule has 1 aromatic carbocycles. The highest BCUT2D eigenvalue weighted by atomic mass is 32.2. The van der Waals surface area contributed by atoms with E-state index in [1.165, 1.54) is 6.92 Å². The molecule has 22 heavy (non-hydrogen) atoms. The van der Waals surface area contributed by atoms with Gasteiger partial charge >= 0.3 is 22.4 Å². The summed E-state index contributed by atoms with van der Waals surface area (Å²) < 4.78 is 38.1.